The molecule has 22 heavy (non-hydrogen) atoms. The molecule has 0 aliphatic carbocycles. The number of aryl methyl sites for hydroxylation is 2. The van der Waals surface area contributed by atoms with Crippen molar-refractivity contribution < 1.29 is 14.4 Å². The van der Waals surface area contributed by atoms with Gasteiger partial charge in [0.25, 0.3) is 5.69 Å². The third-order valence-corrected chi connectivity index (χ3v) is 4.04. The van der Waals surface area contributed by atoms with Gasteiger partial charge in [-0.1, -0.05) is 0 Å². The van der Waals surface area contributed by atoms with E-state index in [1.165, 1.54) is 0 Å². The van der Waals surface area contributed by atoms with E-state index in [9.17, 15) is 10.1 Å². The van der Waals surface area contributed by atoms with Gasteiger partial charge < -0.3 is 14.0 Å². The Morgan fingerprint density at radius 3 is 2.86 bits per heavy atom. The van der Waals surface area contributed by atoms with Crippen molar-refractivity contribution in [3.63, 3.8) is 0 Å². The number of nitro benzene ring substituents is 1. The molecule has 1 aliphatic rings. The van der Waals surface area contributed by atoms with Crippen molar-refractivity contribution >= 4 is 16.6 Å². The van der Waals surface area contributed by atoms with Crippen molar-refractivity contribution in [2.75, 3.05) is 6.61 Å². The molecule has 1 aliphatic heterocycles. The molecule has 2 aromatic rings. The molecule has 0 bridgehead atoms. The molecule has 0 spiro atoms. The van der Waals surface area contributed by atoms with Gasteiger partial charge in [0.2, 0.25) is 0 Å². The van der Waals surface area contributed by atoms with Crippen LogP contribution in [-0.2, 0) is 16.0 Å². The molecule has 0 N–H and O–H groups in total. The van der Waals surface area contributed by atoms with Crippen molar-refractivity contribution in [3.8, 4) is 0 Å². The number of non-ortho nitro benzene ring substituents is 1. The lowest BCUT2D eigenvalue weighted by molar-refractivity contribution is -0.384. The Hall–Kier alpha value is -1.92. The first-order valence-electron chi connectivity index (χ1n) is 7.41. The molecule has 1 unspecified atom stereocenters. The first kappa shape index (κ1) is 15.0. The highest BCUT2D eigenvalue weighted by molar-refractivity contribution is 5.85. The first-order chi connectivity index (χ1) is 10.4. The van der Waals surface area contributed by atoms with Gasteiger partial charge in [0.05, 0.1) is 23.2 Å². The number of ether oxygens (including phenoxy) is 2. The quantitative estimate of drug-likeness (QED) is 0.641. The Labute approximate surface area is 128 Å². The van der Waals surface area contributed by atoms with E-state index in [0.29, 0.717) is 6.61 Å². The fourth-order valence-corrected chi connectivity index (χ4v) is 2.95. The predicted octanol–water partition coefficient (Wildman–Crippen LogP) is 3.40. The van der Waals surface area contributed by atoms with Gasteiger partial charge in [0.15, 0.2) is 5.79 Å². The summed E-state index contributed by atoms with van der Waals surface area (Å²) >= 11 is 0. The van der Waals surface area contributed by atoms with E-state index in [0.717, 1.165) is 29.4 Å². The molecule has 1 atom stereocenters. The van der Waals surface area contributed by atoms with E-state index >= 15 is 0 Å². The van der Waals surface area contributed by atoms with E-state index in [4.69, 9.17) is 9.47 Å². The topological polar surface area (TPSA) is 66.5 Å². The minimum atomic E-state index is -0.516. The van der Waals surface area contributed by atoms with Crippen molar-refractivity contribution in [1.82, 2.24) is 4.57 Å². The molecule has 1 aromatic heterocycles. The number of nitro groups is 1. The summed E-state index contributed by atoms with van der Waals surface area (Å²) in [5, 5.41) is 12.0. The molecule has 6 heteroatoms. The van der Waals surface area contributed by atoms with Crippen LogP contribution >= 0.6 is 0 Å². The van der Waals surface area contributed by atoms with E-state index in [2.05, 4.69) is 4.57 Å². The van der Waals surface area contributed by atoms with Crippen LogP contribution < -0.4 is 0 Å². The number of hydrogen-bond donors (Lipinski definition) is 0. The lowest BCUT2D eigenvalue weighted by Crippen LogP contribution is -2.22. The van der Waals surface area contributed by atoms with Crippen LogP contribution in [0.5, 0.6) is 0 Å². The summed E-state index contributed by atoms with van der Waals surface area (Å²) in [7, 11) is 0. The number of nitrogens with zero attached hydrogens (tertiary/aromatic N) is 2. The van der Waals surface area contributed by atoms with Crippen LogP contribution in [0, 0.1) is 17.0 Å². The SMILES string of the molecule is Cc1cn(CCC2COC(C)(C)O2)c2cc([N+](=O)[O-])ccc12. The summed E-state index contributed by atoms with van der Waals surface area (Å²) in [4.78, 5) is 10.6. The molecule has 0 radical (unpaired) electrons. The zero-order chi connectivity index (χ0) is 15.9. The summed E-state index contributed by atoms with van der Waals surface area (Å²) in [6.45, 7) is 7.17. The second-order valence-electron chi connectivity index (χ2n) is 6.20. The maximum absolute atomic E-state index is 11.0. The van der Waals surface area contributed by atoms with Gasteiger partial charge in [-0.3, -0.25) is 10.1 Å². The summed E-state index contributed by atoms with van der Waals surface area (Å²) in [6, 6.07) is 5.01. The Kier molecular flexibility index (Phi) is 3.66. The highest BCUT2D eigenvalue weighted by Gasteiger charge is 2.32. The Morgan fingerprint density at radius 1 is 1.45 bits per heavy atom. The summed E-state index contributed by atoms with van der Waals surface area (Å²) in [5.41, 5.74) is 2.13. The number of benzene rings is 1. The Morgan fingerprint density at radius 2 is 2.23 bits per heavy atom. The minimum absolute atomic E-state index is 0.0615. The zero-order valence-electron chi connectivity index (χ0n) is 13.0. The standard InChI is InChI=1S/C16H20N2O4/c1-11-9-17(7-6-13-10-21-16(2,3)22-13)15-8-12(18(19)20)4-5-14(11)15/h4-5,8-9,13H,6-7,10H2,1-3H3. The molecule has 1 fully saturated rings. The largest absolute Gasteiger partial charge is 0.348 e. The maximum Gasteiger partial charge on any atom is 0.271 e. The molecule has 1 aromatic carbocycles. The molecule has 2 heterocycles. The van der Waals surface area contributed by atoms with Crippen LogP contribution in [0.2, 0.25) is 0 Å². The van der Waals surface area contributed by atoms with E-state index < -0.39 is 5.79 Å². The number of fused-ring (bicyclic) bond motifs is 1. The van der Waals surface area contributed by atoms with E-state index in [1.807, 2.05) is 33.0 Å². The molecule has 6 nitrogen and oxygen atoms in total. The fourth-order valence-electron chi connectivity index (χ4n) is 2.95. The summed E-state index contributed by atoms with van der Waals surface area (Å²) in [5.74, 6) is -0.516. The van der Waals surface area contributed by atoms with Gasteiger partial charge in [-0.15, -0.1) is 0 Å². The lowest BCUT2D eigenvalue weighted by Gasteiger charge is -2.17. The van der Waals surface area contributed by atoms with Gasteiger partial charge in [-0.25, -0.2) is 0 Å². The summed E-state index contributed by atoms with van der Waals surface area (Å²) in [6.07, 6.45) is 2.91. The molecule has 0 saturated carbocycles. The van der Waals surface area contributed by atoms with Crippen molar-refractivity contribution in [3.05, 3.63) is 40.1 Å². The average Bonchev–Trinajstić information content (AvgIpc) is 2.96. The third-order valence-electron chi connectivity index (χ3n) is 4.04. The second kappa shape index (κ2) is 5.37. The zero-order valence-corrected chi connectivity index (χ0v) is 13.0. The van der Waals surface area contributed by atoms with Gasteiger partial charge in [-0.05, 0) is 38.8 Å². The van der Waals surface area contributed by atoms with E-state index in [-0.39, 0.29) is 16.7 Å². The highest BCUT2D eigenvalue weighted by Crippen LogP contribution is 2.28. The van der Waals surface area contributed by atoms with Crippen LogP contribution in [0.15, 0.2) is 24.4 Å². The van der Waals surface area contributed by atoms with Gasteiger partial charge >= 0.3 is 0 Å². The predicted molar refractivity (Wildman–Crippen MR) is 82.9 cm³/mol. The van der Waals surface area contributed by atoms with Crippen LogP contribution in [0.25, 0.3) is 10.9 Å². The van der Waals surface area contributed by atoms with Crippen molar-refractivity contribution in [1.29, 1.82) is 0 Å². The molecule has 1 saturated heterocycles. The molecular weight excluding hydrogens is 284 g/mol. The Balaban J connectivity index is 1.81. The maximum atomic E-state index is 11.0. The average molecular weight is 304 g/mol. The van der Waals surface area contributed by atoms with Gasteiger partial charge in [0, 0.05) is 30.3 Å². The van der Waals surface area contributed by atoms with Gasteiger partial charge in [0.1, 0.15) is 0 Å². The van der Waals surface area contributed by atoms with Crippen molar-refractivity contribution in [2.24, 2.45) is 0 Å². The second-order valence-corrected chi connectivity index (χ2v) is 6.20. The monoisotopic (exact) mass is 304 g/mol. The van der Waals surface area contributed by atoms with Crippen LogP contribution in [0.4, 0.5) is 5.69 Å². The minimum Gasteiger partial charge on any atom is -0.348 e. The van der Waals surface area contributed by atoms with Crippen molar-refractivity contribution in [2.45, 2.75) is 45.6 Å². The number of hydrogen-bond acceptors (Lipinski definition) is 4. The number of rotatable bonds is 4. The lowest BCUT2D eigenvalue weighted by atomic mass is 10.2. The van der Waals surface area contributed by atoms with Crippen LogP contribution in [0.1, 0.15) is 25.8 Å². The van der Waals surface area contributed by atoms with Crippen LogP contribution in [-0.4, -0.2) is 28.0 Å². The normalized spacial score (nSPS) is 20.6. The number of aromatic nitrogens is 1. The molecule has 0 amide bonds. The third kappa shape index (κ3) is 2.84. The highest BCUT2D eigenvalue weighted by atomic mass is 16.7. The van der Waals surface area contributed by atoms with E-state index in [1.54, 1.807) is 12.1 Å². The van der Waals surface area contributed by atoms with Gasteiger partial charge in [-0.2, -0.15) is 0 Å². The summed E-state index contributed by atoms with van der Waals surface area (Å²) < 4.78 is 13.4. The Bertz CT molecular complexity index is 720. The smallest absolute Gasteiger partial charge is 0.271 e. The first-order valence-corrected chi connectivity index (χ1v) is 7.41. The molecule has 3 rings (SSSR count). The fraction of sp³-hybridized carbons (Fsp3) is 0.500. The molecule has 118 valence electrons. The van der Waals surface area contributed by atoms with Crippen LogP contribution in [0.3, 0.4) is 0 Å². The molecular formula is C16H20N2O4.